The van der Waals surface area contributed by atoms with Crippen molar-refractivity contribution in [2.24, 2.45) is 0 Å². The molecule has 0 atom stereocenters. The van der Waals surface area contributed by atoms with Gasteiger partial charge in [-0.3, -0.25) is 0 Å². The zero-order valence-corrected chi connectivity index (χ0v) is 29.8. The molecule has 0 fully saturated rings. The Morgan fingerprint density at radius 3 is 1.62 bits per heavy atom. The quantitative estimate of drug-likeness (QED) is 0.179. The molecule has 11 rings (SSSR count). The number of hydrogen-bond donors (Lipinski definition) is 0. The summed E-state index contributed by atoms with van der Waals surface area (Å²) >= 11 is 0. The van der Waals surface area contributed by atoms with Crippen molar-refractivity contribution in [1.29, 1.82) is 0 Å². The van der Waals surface area contributed by atoms with Crippen LogP contribution in [0.1, 0.15) is 0 Å². The topological polar surface area (TPSA) is 43.6 Å². The van der Waals surface area contributed by atoms with Gasteiger partial charge in [-0.1, -0.05) is 170 Å². The van der Waals surface area contributed by atoms with Crippen molar-refractivity contribution in [2.75, 3.05) is 0 Å². The van der Waals surface area contributed by atoms with Crippen LogP contribution >= 0.6 is 0 Å². The molecule has 0 spiro atoms. The first kappa shape index (κ1) is 31.1. The lowest BCUT2D eigenvalue weighted by Gasteiger charge is -2.16. The van der Waals surface area contributed by atoms with Gasteiger partial charge in [0.1, 0.15) is 0 Å². The first-order valence-corrected chi connectivity index (χ1v) is 18.6. The highest BCUT2D eigenvalue weighted by Crippen LogP contribution is 2.41. The minimum atomic E-state index is 0.620. The fraction of sp³-hybridized carbons (Fsp3) is 0. The van der Waals surface area contributed by atoms with Gasteiger partial charge < -0.3 is 4.57 Å². The van der Waals surface area contributed by atoms with Gasteiger partial charge in [0, 0.05) is 27.5 Å². The van der Waals surface area contributed by atoms with Crippen LogP contribution in [-0.2, 0) is 0 Å². The molecule has 0 aliphatic carbocycles. The van der Waals surface area contributed by atoms with E-state index >= 15 is 0 Å². The molecule has 0 aliphatic rings. The summed E-state index contributed by atoms with van der Waals surface area (Å²) in [7, 11) is 0. The molecule has 2 heterocycles. The molecule has 0 bridgehead atoms. The van der Waals surface area contributed by atoms with Crippen LogP contribution in [-0.4, -0.2) is 19.5 Å². The zero-order chi connectivity index (χ0) is 36.3. The average Bonchev–Trinajstić information content (AvgIpc) is 3.61. The van der Waals surface area contributed by atoms with E-state index in [0.717, 1.165) is 49.7 Å². The Morgan fingerprint density at radius 1 is 0.309 bits per heavy atom. The second kappa shape index (κ2) is 12.6. The molecule has 55 heavy (non-hydrogen) atoms. The van der Waals surface area contributed by atoms with Gasteiger partial charge in [-0.05, 0) is 67.7 Å². The summed E-state index contributed by atoms with van der Waals surface area (Å²) < 4.78 is 2.39. The molecule has 4 heteroatoms. The maximum absolute atomic E-state index is 5.30. The molecule has 0 radical (unpaired) electrons. The highest BCUT2D eigenvalue weighted by Gasteiger charge is 2.21. The van der Waals surface area contributed by atoms with E-state index in [1.165, 1.54) is 37.9 Å². The van der Waals surface area contributed by atoms with Crippen LogP contribution in [0, 0.1) is 0 Å². The van der Waals surface area contributed by atoms with Gasteiger partial charge in [0.15, 0.2) is 17.5 Å². The van der Waals surface area contributed by atoms with E-state index in [2.05, 4.69) is 180 Å². The lowest BCUT2D eigenvalue weighted by Crippen LogP contribution is -2.04. The van der Waals surface area contributed by atoms with Crippen LogP contribution in [0.4, 0.5) is 0 Å². The second-order valence-corrected chi connectivity index (χ2v) is 14.0. The molecular weight excluding hydrogens is 669 g/mol. The van der Waals surface area contributed by atoms with E-state index in [1.54, 1.807) is 0 Å². The van der Waals surface area contributed by atoms with Crippen molar-refractivity contribution in [1.82, 2.24) is 19.5 Å². The summed E-state index contributed by atoms with van der Waals surface area (Å²) in [5.41, 5.74) is 8.43. The predicted molar refractivity (Wildman–Crippen MR) is 228 cm³/mol. The second-order valence-electron chi connectivity index (χ2n) is 14.0. The maximum Gasteiger partial charge on any atom is 0.166 e. The van der Waals surface area contributed by atoms with E-state index in [9.17, 15) is 0 Å². The molecule has 0 aliphatic heterocycles. The van der Waals surface area contributed by atoms with Crippen molar-refractivity contribution in [3.05, 3.63) is 194 Å². The molecule has 9 aromatic carbocycles. The Morgan fingerprint density at radius 2 is 0.855 bits per heavy atom. The molecule has 0 unspecified atom stereocenters. The molecule has 0 saturated heterocycles. The van der Waals surface area contributed by atoms with Crippen LogP contribution < -0.4 is 0 Å². The van der Waals surface area contributed by atoms with Gasteiger partial charge in [0.2, 0.25) is 0 Å². The summed E-state index contributed by atoms with van der Waals surface area (Å²) in [5, 5.41) is 9.62. The lowest BCUT2D eigenvalue weighted by atomic mass is 9.97. The highest BCUT2D eigenvalue weighted by atomic mass is 15.1. The minimum Gasteiger partial charge on any atom is -0.308 e. The van der Waals surface area contributed by atoms with Crippen LogP contribution in [0.25, 0.3) is 105 Å². The highest BCUT2D eigenvalue weighted by molar-refractivity contribution is 6.21. The summed E-state index contributed by atoms with van der Waals surface area (Å²) in [6.07, 6.45) is 0. The smallest absolute Gasteiger partial charge is 0.166 e. The molecule has 4 nitrogen and oxygen atoms in total. The summed E-state index contributed by atoms with van der Waals surface area (Å²) in [5.74, 6) is 1.88. The molecule has 0 N–H and O–H groups in total. The third kappa shape index (κ3) is 5.19. The van der Waals surface area contributed by atoms with Gasteiger partial charge >= 0.3 is 0 Å². The Labute approximate surface area is 317 Å². The van der Waals surface area contributed by atoms with Gasteiger partial charge in [-0.2, -0.15) is 0 Å². The number of fused-ring (bicyclic) bond motifs is 7. The number of aromatic nitrogens is 4. The van der Waals surface area contributed by atoms with Crippen LogP contribution in [0.5, 0.6) is 0 Å². The predicted octanol–water partition coefficient (Wildman–Crippen LogP) is 13.1. The minimum absolute atomic E-state index is 0.620. The van der Waals surface area contributed by atoms with E-state index in [0.29, 0.717) is 17.5 Å². The van der Waals surface area contributed by atoms with E-state index in [4.69, 9.17) is 15.0 Å². The average molecular weight is 701 g/mol. The number of hydrogen-bond acceptors (Lipinski definition) is 3. The lowest BCUT2D eigenvalue weighted by molar-refractivity contribution is 1.07. The third-order valence-electron chi connectivity index (χ3n) is 10.8. The van der Waals surface area contributed by atoms with Gasteiger partial charge in [-0.15, -0.1) is 0 Å². The molecule has 256 valence electrons. The van der Waals surface area contributed by atoms with Gasteiger partial charge in [-0.25, -0.2) is 15.0 Å². The Kier molecular flexibility index (Phi) is 7.14. The van der Waals surface area contributed by atoms with E-state index in [-0.39, 0.29) is 0 Å². The fourth-order valence-corrected chi connectivity index (χ4v) is 8.21. The van der Waals surface area contributed by atoms with Crippen molar-refractivity contribution in [3.63, 3.8) is 0 Å². The van der Waals surface area contributed by atoms with Crippen molar-refractivity contribution < 1.29 is 0 Å². The normalized spacial score (nSPS) is 11.6. The Bertz CT molecular complexity index is 3250. The largest absolute Gasteiger partial charge is 0.308 e. The number of para-hydroxylation sites is 1. The van der Waals surface area contributed by atoms with Gasteiger partial charge in [0.05, 0.1) is 16.7 Å². The molecular formula is C51H32N4. The standard InChI is InChI=1S/C51H32N4/c1-2-15-36(16-3-1)49-52-50(37-27-25-35(26-28-37)41-23-12-19-33-13-6-8-20-40(33)41)54-51(53-49)44-31-38-17-4-5-18-39(38)32-47(44)55-45-24-11-10-22-43(45)48-42-21-9-7-14-34(42)29-30-46(48)55/h1-32H. The van der Waals surface area contributed by atoms with E-state index < -0.39 is 0 Å². The molecule has 11 aromatic rings. The summed E-state index contributed by atoms with van der Waals surface area (Å²) in [6.45, 7) is 0. The monoisotopic (exact) mass is 700 g/mol. The van der Waals surface area contributed by atoms with Crippen LogP contribution in [0.2, 0.25) is 0 Å². The summed E-state index contributed by atoms with van der Waals surface area (Å²) in [6, 6.07) is 68.7. The first-order chi connectivity index (χ1) is 27.3. The van der Waals surface area contributed by atoms with Crippen molar-refractivity contribution in [3.8, 4) is 51.0 Å². The summed E-state index contributed by atoms with van der Waals surface area (Å²) in [4.78, 5) is 15.7. The van der Waals surface area contributed by atoms with Crippen LogP contribution in [0.15, 0.2) is 194 Å². The molecule has 0 amide bonds. The van der Waals surface area contributed by atoms with Crippen molar-refractivity contribution in [2.45, 2.75) is 0 Å². The third-order valence-corrected chi connectivity index (χ3v) is 10.8. The maximum atomic E-state index is 5.30. The van der Waals surface area contributed by atoms with Gasteiger partial charge in [0.25, 0.3) is 0 Å². The Balaban J connectivity index is 1.16. The molecule has 0 saturated carbocycles. The zero-order valence-electron chi connectivity index (χ0n) is 29.8. The first-order valence-electron chi connectivity index (χ1n) is 18.6. The number of nitrogens with zero attached hydrogens (tertiary/aromatic N) is 4. The SMILES string of the molecule is c1ccc(-c2nc(-c3ccc(-c4cccc5ccccc45)cc3)nc(-c3cc4ccccc4cc3-n3c4ccccc4c4c5ccccc5ccc43)n2)cc1. The fourth-order valence-electron chi connectivity index (χ4n) is 8.21. The van der Waals surface area contributed by atoms with E-state index in [1.807, 2.05) is 18.2 Å². The van der Waals surface area contributed by atoms with Crippen LogP contribution in [0.3, 0.4) is 0 Å². The number of benzene rings is 9. The number of rotatable bonds is 5. The van der Waals surface area contributed by atoms with Crippen molar-refractivity contribution >= 4 is 54.1 Å². The Hall–Kier alpha value is -7.43. The molecule has 2 aromatic heterocycles.